The minimum Gasteiger partial charge on any atom is -0.481 e. The number of fused-ring (bicyclic) bond motifs is 1. The number of amidine groups is 1. The minimum atomic E-state index is -4.70. The molecular formula is C28H26F3N5O3. The van der Waals surface area contributed by atoms with Crippen molar-refractivity contribution in [3.05, 3.63) is 94.8 Å². The molecule has 0 aliphatic rings. The van der Waals surface area contributed by atoms with Crippen molar-refractivity contribution < 1.29 is 27.9 Å². The van der Waals surface area contributed by atoms with Gasteiger partial charge in [-0.3, -0.25) is 15.0 Å². The van der Waals surface area contributed by atoms with Crippen LogP contribution in [0.5, 0.6) is 0 Å². The molecule has 1 heterocycles. The van der Waals surface area contributed by atoms with Crippen LogP contribution in [0.2, 0.25) is 0 Å². The summed E-state index contributed by atoms with van der Waals surface area (Å²) >= 11 is 0. The molecule has 8 nitrogen and oxygen atoms in total. The van der Waals surface area contributed by atoms with Gasteiger partial charge >= 0.3 is 12.1 Å². The zero-order valence-electron chi connectivity index (χ0n) is 20.9. The Morgan fingerprint density at radius 2 is 1.74 bits per heavy atom. The van der Waals surface area contributed by atoms with Crippen LogP contribution in [0.4, 0.5) is 18.9 Å². The second kappa shape index (κ2) is 11.0. The van der Waals surface area contributed by atoms with Crippen LogP contribution in [0, 0.1) is 5.41 Å². The van der Waals surface area contributed by atoms with E-state index in [0.717, 1.165) is 11.8 Å². The van der Waals surface area contributed by atoms with Crippen molar-refractivity contribution >= 4 is 34.3 Å². The highest BCUT2D eigenvalue weighted by Crippen LogP contribution is 2.38. The van der Waals surface area contributed by atoms with Gasteiger partial charge in [0.2, 0.25) is 0 Å². The summed E-state index contributed by atoms with van der Waals surface area (Å²) in [5, 5.41) is 19.9. The van der Waals surface area contributed by atoms with E-state index in [-0.39, 0.29) is 23.4 Å². The van der Waals surface area contributed by atoms with Crippen molar-refractivity contribution in [2.45, 2.75) is 31.5 Å². The largest absolute Gasteiger partial charge is 0.481 e. The van der Waals surface area contributed by atoms with E-state index in [9.17, 15) is 22.8 Å². The Morgan fingerprint density at radius 1 is 1.08 bits per heavy atom. The summed E-state index contributed by atoms with van der Waals surface area (Å²) in [5.74, 6) is -2.49. The van der Waals surface area contributed by atoms with Gasteiger partial charge in [-0.1, -0.05) is 18.2 Å². The standard InChI is InChI=1S/C28H26F3N5O3/c1-36-23-12-8-17(14-22(23)35-24(36)15-34-18-9-6-16(7-10-18)27(32)33)26(39)20(11-13-25(37)38)19-4-2-3-5-21(19)28(29,30)31/h2-10,12,14,20,34H,11,13,15H2,1H3,(H3,32,33)(H,37,38). The van der Waals surface area contributed by atoms with Crippen LogP contribution in [-0.4, -0.2) is 32.2 Å². The number of anilines is 1. The quantitative estimate of drug-likeness (QED) is 0.123. The fraction of sp³-hybridized carbons (Fsp3) is 0.214. The summed E-state index contributed by atoms with van der Waals surface area (Å²) in [4.78, 5) is 29.4. The zero-order valence-corrected chi connectivity index (χ0v) is 20.9. The van der Waals surface area contributed by atoms with Gasteiger partial charge < -0.3 is 20.7 Å². The van der Waals surface area contributed by atoms with Crippen LogP contribution in [-0.2, 0) is 24.6 Å². The van der Waals surface area contributed by atoms with Gasteiger partial charge in [0, 0.05) is 36.2 Å². The maximum atomic E-state index is 13.7. The van der Waals surface area contributed by atoms with Gasteiger partial charge in [-0.2, -0.15) is 13.2 Å². The molecule has 0 aliphatic carbocycles. The van der Waals surface area contributed by atoms with Gasteiger partial charge in [0.15, 0.2) is 5.78 Å². The van der Waals surface area contributed by atoms with E-state index >= 15 is 0 Å². The first-order chi connectivity index (χ1) is 18.5. The number of carboxylic acid groups (broad SMARTS) is 1. The summed E-state index contributed by atoms with van der Waals surface area (Å²) in [6.45, 7) is 0.341. The first-order valence-corrected chi connectivity index (χ1v) is 12.0. The number of aryl methyl sites for hydroxylation is 1. The van der Waals surface area contributed by atoms with Crippen LogP contribution >= 0.6 is 0 Å². The molecular weight excluding hydrogens is 511 g/mol. The summed E-state index contributed by atoms with van der Waals surface area (Å²) in [6.07, 6.45) is -5.44. The Morgan fingerprint density at radius 3 is 2.38 bits per heavy atom. The number of nitrogen functional groups attached to an aromatic ring is 1. The highest BCUT2D eigenvalue weighted by Gasteiger charge is 2.37. The molecule has 0 saturated heterocycles. The SMILES string of the molecule is Cn1c(CNc2ccc(C(=N)N)cc2)nc2cc(C(=O)C(CCC(=O)O)c3ccccc3C(F)(F)F)ccc21. The van der Waals surface area contributed by atoms with Crippen LogP contribution in [0.3, 0.4) is 0 Å². The third-order valence-electron chi connectivity index (χ3n) is 6.51. The number of imidazole rings is 1. The van der Waals surface area contributed by atoms with Gasteiger partial charge in [0.25, 0.3) is 0 Å². The lowest BCUT2D eigenvalue weighted by atomic mass is 9.84. The number of nitrogens with zero attached hydrogens (tertiary/aromatic N) is 2. The van der Waals surface area contributed by atoms with Gasteiger partial charge in [0.1, 0.15) is 11.7 Å². The normalized spacial score (nSPS) is 12.3. The van der Waals surface area contributed by atoms with Gasteiger partial charge in [0.05, 0.1) is 23.1 Å². The first-order valence-electron chi connectivity index (χ1n) is 12.0. The number of carbonyl (C=O) groups excluding carboxylic acids is 1. The molecule has 202 valence electrons. The molecule has 0 amide bonds. The highest BCUT2D eigenvalue weighted by atomic mass is 19.4. The second-order valence-corrected chi connectivity index (χ2v) is 9.07. The number of aromatic nitrogens is 2. The molecule has 1 aromatic heterocycles. The monoisotopic (exact) mass is 537 g/mol. The maximum Gasteiger partial charge on any atom is 0.416 e. The molecule has 3 aromatic carbocycles. The molecule has 5 N–H and O–H groups in total. The molecule has 0 fully saturated rings. The Labute approximate surface area is 221 Å². The number of carbonyl (C=O) groups is 2. The van der Waals surface area contributed by atoms with Gasteiger partial charge in [-0.25, -0.2) is 4.98 Å². The number of ketones is 1. The van der Waals surface area contributed by atoms with E-state index in [0.29, 0.717) is 29.0 Å². The number of carboxylic acids is 1. The van der Waals surface area contributed by atoms with Crippen LogP contribution in [0.15, 0.2) is 66.7 Å². The second-order valence-electron chi connectivity index (χ2n) is 9.07. The maximum absolute atomic E-state index is 13.7. The van der Waals surface area contributed by atoms with Crippen molar-refractivity contribution in [1.82, 2.24) is 9.55 Å². The van der Waals surface area contributed by atoms with Crippen LogP contribution in [0.25, 0.3) is 11.0 Å². The van der Waals surface area contributed by atoms with Crippen molar-refractivity contribution in [1.29, 1.82) is 5.41 Å². The lowest BCUT2D eigenvalue weighted by molar-refractivity contribution is -0.138. The average Bonchev–Trinajstić information content (AvgIpc) is 3.21. The fourth-order valence-corrected chi connectivity index (χ4v) is 4.47. The summed E-state index contributed by atoms with van der Waals surface area (Å²) in [7, 11) is 1.81. The number of Topliss-reactive ketones (excluding diaryl/α,β-unsaturated/α-hetero) is 1. The Kier molecular flexibility index (Phi) is 7.70. The van der Waals surface area contributed by atoms with Crippen LogP contribution in [0.1, 0.15) is 51.6 Å². The fourth-order valence-electron chi connectivity index (χ4n) is 4.47. The number of nitrogens with two attached hydrogens (primary N) is 1. The van der Waals surface area contributed by atoms with Crippen molar-refractivity contribution in [3.63, 3.8) is 0 Å². The number of alkyl halides is 3. The van der Waals surface area contributed by atoms with E-state index in [1.54, 1.807) is 30.3 Å². The molecule has 0 saturated carbocycles. The number of hydrogen-bond donors (Lipinski definition) is 4. The van der Waals surface area contributed by atoms with E-state index in [1.165, 1.54) is 30.3 Å². The topological polar surface area (TPSA) is 134 Å². The molecule has 11 heteroatoms. The number of hydrogen-bond acceptors (Lipinski definition) is 5. The molecule has 1 atom stereocenters. The number of rotatable bonds is 10. The molecule has 39 heavy (non-hydrogen) atoms. The number of nitrogens with one attached hydrogen (secondary N) is 2. The summed E-state index contributed by atoms with van der Waals surface area (Å²) in [6, 6.07) is 16.5. The van der Waals surface area contributed by atoms with Crippen molar-refractivity contribution in [3.8, 4) is 0 Å². The lowest BCUT2D eigenvalue weighted by Gasteiger charge is -2.20. The first kappa shape index (κ1) is 27.4. The highest BCUT2D eigenvalue weighted by molar-refractivity contribution is 6.03. The Bertz CT molecular complexity index is 1540. The molecule has 4 rings (SSSR count). The average molecular weight is 538 g/mol. The molecule has 0 radical (unpaired) electrons. The smallest absolute Gasteiger partial charge is 0.416 e. The van der Waals surface area contributed by atoms with E-state index < -0.39 is 35.8 Å². The third kappa shape index (κ3) is 6.08. The van der Waals surface area contributed by atoms with E-state index in [2.05, 4.69) is 10.3 Å². The summed E-state index contributed by atoms with van der Waals surface area (Å²) in [5.41, 5.74) is 6.99. The predicted molar refractivity (Wildman–Crippen MR) is 141 cm³/mol. The molecule has 0 bridgehead atoms. The van der Waals surface area contributed by atoms with Gasteiger partial charge in [-0.15, -0.1) is 0 Å². The van der Waals surface area contributed by atoms with Crippen LogP contribution < -0.4 is 11.1 Å². The summed E-state index contributed by atoms with van der Waals surface area (Å²) < 4.78 is 43.0. The zero-order chi connectivity index (χ0) is 28.3. The Hall–Kier alpha value is -4.67. The van der Waals surface area contributed by atoms with Crippen molar-refractivity contribution in [2.24, 2.45) is 12.8 Å². The molecule has 0 spiro atoms. The molecule has 4 aromatic rings. The number of aliphatic carboxylic acids is 1. The van der Waals surface area contributed by atoms with Gasteiger partial charge in [-0.05, 0) is 60.5 Å². The van der Waals surface area contributed by atoms with E-state index in [1.807, 2.05) is 11.6 Å². The molecule has 0 aliphatic heterocycles. The van der Waals surface area contributed by atoms with E-state index in [4.69, 9.17) is 16.2 Å². The third-order valence-corrected chi connectivity index (χ3v) is 6.51. The number of benzene rings is 3. The van der Waals surface area contributed by atoms with Crippen molar-refractivity contribution in [2.75, 3.05) is 5.32 Å². The Balaban J connectivity index is 1.63. The predicted octanol–water partition coefficient (Wildman–Crippen LogP) is 5.32. The minimum absolute atomic E-state index is 0.0330. The number of halogens is 3. The molecule has 1 unspecified atom stereocenters. The lowest BCUT2D eigenvalue weighted by Crippen LogP contribution is -2.19.